The van der Waals surface area contributed by atoms with Crippen LogP contribution in [0.5, 0.6) is 0 Å². The van der Waals surface area contributed by atoms with Crippen LogP contribution in [0.15, 0.2) is 0 Å². The predicted octanol–water partition coefficient (Wildman–Crippen LogP) is 1.26. The van der Waals surface area contributed by atoms with Crippen LogP contribution in [-0.2, 0) is 9.84 Å². The second-order valence-corrected chi connectivity index (χ2v) is 9.36. The molecule has 1 fully saturated rings. The van der Waals surface area contributed by atoms with E-state index in [0.29, 0.717) is 12.5 Å². The number of hydrogen-bond donors (Lipinski definition) is 1. The van der Waals surface area contributed by atoms with Gasteiger partial charge < -0.3 is 10.6 Å². The maximum absolute atomic E-state index is 12.1. The summed E-state index contributed by atoms with van der Waals surface area (Å²) in [6.07, 6.45) is 2.29. The summed E-state index contributed by atoms with van der Waals surface area (Å²) in [5.41, 5.74) is 5.94. The van der Waals surface area contributed by atoms with Gasteiger partial charge in [0.15, 0.2) is 9.84 Å². The first kappa shape index (κ1) is 15.9. The molecule has 2 unspecified atom stereocenters. The van der Waals surface area contributed by atoms with Crippen molar-refractivity contribution in [1.82, 2.24) is 4.90 Å². The molecule has 0 radical (unpaired) electrons. The van der Waals surface area contributed by atoms with Gasteiger partial charge in [-0.15, -0.1) is 0 Å². The lowest BCUT2D eigenvalue weighted by Gasteiger charge is -2.35. The zero-order valence-corrected chi connectivity index (χ0v) is 13.0. The Morgan fingerprint density at radius 3 is 2.50 bits per heavy atom. The van der Waals surface area contributed by atoms with Gasteiger partial charge >= 0.3 is 0 Å². The van der Waals surface area contributed by atoms with Gasteiger partial charge in [0.05, 0.1) is 10.5 Å². The number of piperidine rings is 1. The quantitative estimate of drug-likeness (QED) is 0.839. The summed E-state index contributed by atoms with van der Waals surface area (Å²) in [5.74, 6) is 0.762. The normalized spacial score (nSPS) is 25.1. The summed E-state index contributed by atoms with van der Waals surface area (Å²) in [6.45, 7) is 9.93. The van der Waals surface area contributed by atoms with E-state index in [1.165, 1.54) is 6.42 Å². The maximum atomic E-state index is 12.1. The maximum Gasteiger partial charge on any atom is 0.156 e. The molecule has 2 atom stereocenters. The van der Waals surface area contributed by atoms with Gasteiger partial charge in [-0.25, -0.2) is 8.42 Å². The number of sulfone groups is 1. The fraction of sp³-hybridized carbons (Fsp3) is 1.00. The van der Waals surface area contributed by atoms with E-state index in [2.05, 4.69) is 4.90 Å². The molecule has 0 bridgehead atoms. The molecule has 0 aromatic heterocycles. The third-order valence-corrected chi connectivity index (χ3v) is 6.48. The molecule has 1 aliphatic rings. The largest absolute Gasteiger partial charge is 0.328 e. The molecule has 0 saturated carbocycles. The van der Waals surface area contributed by atoms with Crippen LogP contribution in [-0.4, -0.2) is 49.5 Å². The molecule has 0 spiro atoms. The Morgan fingerprint density at radius 2 is 2.00 bits per heavy atom. The summed E-state index contributed by atoms with van der Waals surface area (Å²) < 4.78 is 23.5. The molecule has 2 N–H and O–H groups in total. The Bertz CT molecular complexity index is 358. The van der Waals surface area contributed by atoms with E-state index in [1.54, 1.807) is 20.8 Å². The van der Waals surface area contributed by atoms with Crippen LogP contribution in [0.1, 0.15) is 40.5 Å². The minimum Gasteiger partial charge on any atom is -0.328 e. The molecular weight excluding hydrogens is 248 g/mol. The van der Waals surface area contributed by atoms with Crippen molar-refractivity contribution in [2.45, 2.75) is 51.3 Å². The van der Waals surface area contributed by atoms with Crippen molar-refractivity contribution in [2.75, 3.05) is 25.4 Å². The standard InChI is InChI=1S/C13H28N2O2S/c1-11(14)12-6-5-7-15(10-12)8-9-18(16,17)13(2,3)4/h11-12H,5-10,14H2,1-4H3. The number of rotatable bonds is 4. The number of nitrogens with zero attached hydrogens (tertiary/aromatic N) is 1. The minimum absolute atomic E-state index is 0.201. The highest BCUT2D eigenvalue weighted by Crippen LogP contribution is 2.20. The molecule has 108 valence electrons. The smallest absolute Gasteiger partial charge is 0.156 e. The van der Waals surface area contributed by atoms with Crippen molar-refractivity contribution in [3.8, 4) is 0 Å². The minimum atomic E-state index is -3.01. The van der Waals surface area contributed by atoms with E-state index in [9.17, 15) is 8.42 Å². The average molecular weight is 276 g/mol. The topological polar surface area (TPSA) is 63.4 Å². The fourth-order valence-corrected chi connectivity index (χ4v) is 3.39. The summed E-state index contributed by atoms with van der Waals surface area (Å²) in [6, 6.07) is 0.201. The molecular formula is C13H28N2O2S. The molecule has 1 saturated heterocycles. The van der Waals surface area contributed by atoms with E-state index in [4.69, 9.17) is 5.73 Å². The van der Waals surface area contributed by atoms with Crippen molar-refractivity contribution in [3.05, 3.63) is 0 Å². The van der Waals surface area contributed by atoms with Crippen LogP contribution in [0.2, 0.25) is 0 Å². The van der Waals surface area contributed by atoms with Crippen molar-refractivity contribution in [3.63, 3.8) is 0 Å². The summed E-state index contributed by atoms with van der Waals surface area (Å²) in [7, 11) is -3.01. The summed E-state index contributed by atoms with van der Waals surface area (Å²) in [5, 5.41) is 0. The molecule has 18 heavy (non-hydrogen) atoms. The predicted molar refractivity (Wildman–Crippen MR) is 76.4 cm³/mol. The van der Waals surface area contributed by atoms with Crippen molar-refractivity contribution >= 4 is 9.84 Å². The van der Waals surface area contributed by atoms with E-state index in [1.807, 2.05) is 6.92 Å². The van der Waals surface area contributed by atoms with Gasteiger partial charge in [-0.05, 0) is 53.0 Å². The van der Waals surface area contributed by atoms with E-state index >= 15 is 0 Å². The lowest BCUT2D eigenvalue weighted by molar-refractivity contribution is 0.169. The molecule has 4 nitrogen and oxygen atoms in total. The van der Waals surface area contributed by atoms with E-state index in [0.717, 1.165) is 19.5 Å². The van der Waals surface area contributed by atoms with Crippen LogP contribution in [0, 0.1) is 5.92 Å². The van der Waals surface area contributed by atoms with E-state index < -0.39 is 14.6 Å². The van der Waals surface area contributed by atoms with Crippen LogP contribution in [0.25, 0.3) is 0 Å². The average Bonchev–Trinajstić information content (AvgIpc) is 2.25. The van der Waals surface area contributed by atoms with Gasteiger partial charge in [-0.1, -0.05) is 0 Å². The monoisotopic (exact) mass is 276 g/mol. The molecule has 5 heteroatoms. The Kier molecular flexibility index (Phi) is 5.21. The Labute approximate surface area is 112 Å². The fourth-order valence-electron chi connectivity index (χ4n) is 2.28. The first-order valence-electron chi connectivity index (χ1n) is 6.84. The molecule has 1 aliphatic heterocycles. The van der Waals surface area contributed by atoms with Crippen molar-refractivity contribution < 1.29 is 8.42 Å². The summed E-state index contributed by atoms with van der Waals surface area (Å²) in [4.78, 5) is 2.25. The van der Waals surface area contributed by atoms with Gasteiger partial charge in [0.1, 0.15) is 0 Å². The second-order valence-electron chi connectivity index (χ2n) is 6.49. The molecule has 1 rings (SSSR count). The Hall–Kier alpha value is -0.130. The zero-order valence-electron chi connectivity index (χ0n) is 12.1. The molecule has 0 aromatic carbocycles. The van der Waals surface area contributed by atoms with Crippen LogP contribution >= 0.6 is 0 Å². The van der Waals surface area contributed by atoms with Crippen molar-refractivity contribution in [1.29, 1.82) is 0 Å². The molecule has 0 aromatic rings. The molecule has 0 amide bonds. The van der Waals surface area contributed by atoms with E-state index in [-0.39, 0.29) is 11.8 Å². The number of nitrogens with two attached hydrogens (primary N) is 1. The lowest BCUT2D eigenvalue weighted by Crippen LogP contribution is -2.45. The lowest BCUT2D eigenvalue weighted by atomic mass is 9.92. The van der Waals surface area contributed by atoms with Crippen LogP contribution in [0.3, 0.4) is 0 Å². The van der Waals surface area contributed by atoms with Gasteiger partial charge in [-0.2, -0.15) is 0 Å². The highest BCUT2D eigenvalue weighted by Gasteiger charge is 2.30. The van der Waals surface area contributed by atoms with Gasteiger partial charge in [-0.3, -0.25) is 0 Å². The molecule has 1 heterocycles. The Morgan fingerprint density at radius 1 is 1.39 bits per heavy atom. The third kappa shape index (κ3) is 4.21. The van der Waals surface area contributed by atoms with Gasteiger partial charge in [0, 0.05) is 19.1 Å². The number of likely N-dealkylation sites (tertiary alicyclic amines) is 1. The molecule has 0 aliphatic carbocycles. The van der Waals surface area contributed by atoms with Crippen molar-refractivity contribution in [2.24, 2.45) is 11.7 Å². The highest BCUT2D eigenvalue weighted by atomic mass is 32.2. The van der Waals surface area contributed by atoms with Crippen LogP contribution < -0.4 is 5.73 Å². The third-order valence-electron chi connectivity index (χ3n) is 3.89. The second kappa shape index (κ2) is 5.88. The zero-order chi connectivity index (χ0) is 14.0. The summed E-state index contributed by atoms with van der Waals surface area (Å²) >= 11 is 0. The van der Waals surface area contributed by atoms with Gasteiger partial charge in [0.2, 0.25) is 0 Å². The first-order chi connectivity index (χ1) is 8.13. The van der Waals surface area contributed by atoms with Crippen LogP contribution in [0.4, 0.5) is 0 Å². The first-order valence-corrected chi connectivity index (χ1v) is 8.49. The SMILES string of the molecule is CC(N)C1CCCN(CCS(=O)(=O)C(C)(C)C)C1. The van der Waals surface area contributed by atoms with Gasteiger partial charge in [0.25, 0.3) is 0 Å². The number of hydrogen-bond acceptors (Lipinski definition) is 4. The highest BCUT2D eigenvalue weighted by molar-refractivity contribution is 7.92. The Balaban J connectivity index is 2.49.